The molecule has 0 unspecified atom stereocenters. The molecule has 156 valence electrons. The molecule has 0 radical (unpaired) electrons. The van der Waals surface area contributed by atoms with Crippen LogP contribution in [0.1, 0.15) is 40.4 Å². The summed E-state index contributed by atoms with van der Waals surface area (Å²) in [5.74, 6) is -1.66. The number of ether oxygens (including phenoxy) is 1. The molecule has 0 aliphatic heterocycles. The van der Waals surface area contributed by atoms with E-state index in [2.05, 4.69) is 4.72 Å². The molecule has 0 aliphatic rings. The lowest BCUT2D eigenvalue weighted by Gasteiger charge is -2.14. The summed E-state index contributed by atoms with van der Waals surface area (Å²) in [4.78, 5) is 24.4. The van der Waals surface area contributed by atoms with Crippen LogP contribution in [0.2, 0.25) is 0 Å². The molecule has 1 N–H and O–H groups in total. The van der Waals surface area contributed by atoms with Gasteiger partial charge in [-0.25, -0.2) is 17.5 Å². The summed E-state index contributed by atoms with van der Waals surface area (Å²) in [6.07, 6.45) is -1.30. The summed E-state index contributed by atoms with van der Waals surface area (Å²) in [7, 11) is -3.79. The minimum absolute atomic E-state index is 0.161. The maximum absolute atomic E-state index is 12.9. The number of benzene rings is 2. The molecule has 0 bridgehead atoms. The first-order valence-corrected chi connectivity index (χ1v) is 10.6. The molecule has 29 heavy (non-hydrogen) atoms. The van der Waals surface area contributed by atoms with Crippen LogP contribution in [-0.4, -0.2) is 32.8 Å². The second-order valence-corrected chi connectivity index (χ2v) is 8.58. The quantitative estimate of drug-likeness (QED) is 0.522. The van der Waals surface area contributed by atoms with Crippen LogP contribution in [0.4, 0.5) is 4.39 Å². The van der Waals surface area contributed by atoms with Gasteiger partial charge in [0.2, 0.25) is 15.8 Å². The first-order valence-electron chi connectivity index (χ1n) is 9.08. The Bertz CT molecular complexity index is 993. The Hall–Kier alpha value is -2.58. The number of carbonyl (C=O) groups excluding carboxylic acids is 2. The molecule has 0 saturated carbocycles. The van der Waals surface area contributed by atoms with Gasteiger partial charge in [-0.2, -0.15) is 0 Å². The third-order valence-corrected chi connectivity index (χ3v) is 6.07. The number of rotatable bonds is 8. The largest absolute Gasteiger partial charge is 0.454 e. The fraction of sp³-hybridized carbons (Fsp3) is 0.333. The second kappa shape index (κ2) is 9.28. The molecule has 0 fully saturated rings. The summed E-state index contributed by atoms with van der Waals surface area (Å²) in [6, 6.07) is 8.46. The minimum Gasteiger partial charge on any atom is -0.454 e. The van der Waals surface area contributed by atoms with Gasteiger partial charge in [-0.3, -0.25) is 9.59 Å². The van der Waals surface area contributed by atoms with E-state index in [9.17, 15) is 22.4 Å². The Morgan fingerprint density at radius 2 is 1.62 bits per heavy atom. The summed E-state index contributed by atoms with van der Waals surface area (Å²) in [5.41, 5.74) is 2.42. The fourth-order valence-corrected chi connectivity index (χ4v) is 4.59. The van der Waals surface area contributed by atoms with E-state index in [0.29, 0.717) is 11.1 Å². The molecule has 0 amide bonds. The second-order valence-electron chi connectivity index (χ2n) is 6.88. The zero-order valence-electron chi connectivity index (χ0n) is 16.8. The molecule has 0 aromatic heterocycles. The van der Waals surface area contributed by atoms with Crippen molar-refractivity contribution in [1.82, 2.24) is 4.72 Å². The van der Waals surface area contributed by atoms with Gasteiger partial charge in [0, 0.05) is 12.1 Å². The van der Waals surface area contributed by atoms with E-state index in [4.69, 9.17) is 4.74 Å². The first-order chi connectivity index (χ1) is 13.5. The maximum atomic E-state index is 12.9. The van der Waals surface area contributed by atoms with Crippen molar-refractivity contribution in [1.29, 1.82) is 0 Å². The van der Waals surface area contributed by atoms with Crippen LogP contribution >= 0.6 is 0 Å². The molecule has 0 heterocycles. The van der Waals surface area contributed by atoms with Gasteiger partial charge in [0.1, 0.15) is 5.82 Å². The van der Waals surface area contributed by atoms with Crippen molar-refractivity contribution in [2.45, 2.75) is 45.1 Å². The van der Waals surface area contributed by atoms with Gasteiger partial charge in [-0.1, -0.05) is 17.7 Å². The van der Waals surface area contributed by atoms with Gasteiger partial charge in [-0.05, 0) is 63.1 Å². The monoisotopic (exact) mass is 421 g/mol. The number of esters is 1. The molecule has 8 heteroatoms. The van der Waals surface area contributed by atoms with Crippen LogP contribution in [0.3, 0.4) is 0 Å². The van der Waals surface area contributed by atoms with E-state index in [1.54, 1.807) is 26.0 Å². The average Bonchev–Trinajstić information content (AvgIpc) is 2.60. The predicted molar refractivity (Wildman–Crippen MR) is 107 cm³/mol. The van der Waals surface area contributed by atoms with E-state index in [-0.39, 0.29) is 23.4 Å². The van der Waals surface area contributed by atoms with E-state index in [0.717, 1.165) is 17.7 Å². The third-order valence-electron chi connectivity index (χ3n) is 4.30. The van der Waals surface area contributed by atoms with Crippen LogP contribution in [0, 0.1) is 26.6 Å². The number of sulfonamides is 1. The standard InChI is InChI=1S/C21H24FNO5S/c1-13-11-14(2)21(15(3)12-13)29(26,27)23-10-9-19(24)28-16(4)20(25)17-5-7-18(22)8-6-17/h5-8,11-12,16,23H,9-10H2,1-4H3/t16-/m0/s1. The van der Waals surface area contributed by atoms with Gasteiger partial charge in [0.25, 0.3) is 0 Å². The Morgan fingerprint density at radius 3 is 2.17 bits per heavy atom. The molecule has 1 atom stereocenters. The highest BCUT2D eigenvalue weighted by Crippen LogP contribution is 2.21. The first kappa shape index (κ1) is 22.7. The van der Waals surface area contributed by atoms with Gasteiger partial charge < -0.3 is 4.74 Å². The van der Waals surface area contributed by atoms with Crippen molar-refractivity contribution >= 4 is 21.8 Å². The van der Waals surface area contributed by atoms with Gasteiger partial charge in [0.05, 0.1) is 11.3 Å². The van der Waals surface area contributed by atoms with Crippen LogP contribution < -0.4 is 4.72 Å². The highest BCUT2D eigenvalue weighted by molar-refractivity contribution is 7.89. The third kappa shape index (κ3) is 5.95. The van der Waals surface area contributed by atoms with E-state index >= 15 is 0 Å². The zero-order valence-corrected chi connectivity index (χ0v) is 17.6. The van der Waals surface area contributed by atoms with E-state index < -0.39 is 33.7 Å². The minimum atomic E-state index is -3.79. The molecule has 2 aromatic carbocycles. The van der Waals surface area contributed by atoms with Crippen molar-refractivity contribution in [3.8, 4) is 0 Å². The van der Waals surface area contributed by atoms with Gasteiger partial charge in [-0.15, -0.1) is 0 Å². The van der Waals surface area contributed by atoms with Crippen LogP contribution in [0.5, 0.6) is 0 Å². The lowest BCUT2D eigenvalue weighted by Crippen LogP contribution is -2.30. The Balaban J connectivity index is 1.92. The number of hydrogen-bond donors (Lipinski definition) is 1. The average molecular weight is 421 g/mol. The molecule has 2 rings (SSSR count). The van der Waals surface area contributed by atoms with Gasteiger partial charge >= 0.3 is 5.97 Å². The highest BCUT2D eigenvalue weighted by atomic mass is 32.2. The number of carbonyl (C=O) groups is 2. The number of halogens is 1. The molecular weight excluding hydrogens is 397 g/mol. The van der Waals surface area contributed by atoms with Crippen molar-refractivity contribution in [3.05, 3.63) is 64.5 Å². The van der Waals surface area contributed by atoms with Crippen molar-refractivity contribution in [2.75, 3.05) is 6.54 Å². The van der Waals surface area contributed by atoms with Crippen LogP contribution in [0.25, 0.3) is 0 Å². The summed E-state index contributed by atoms with van der Waals surface area (Å²) < 4.78 is 45.5. The molecule has 0 spiro atoms. The van der Waals surface area contributed by atoms with Crippen molar-refractivity contribution in [2.24, 2.45) is 0 Å². The number of hydrogen-bond acceptors (Lipinski definition) is 5. The van der Waals surface area contributed by atoms with E-state index in [1.165, 1.54) is 19.1 Å². The normalized spacial score (nSPS) is 12.4. The fourth-order valence-electron chi connectivity index (χ4n) is 3.11. The summed E-state index contributed by atoms with van der Waals surface area (Å²) >= 11 is 0. The Morgan fingerprint density at radius 1 is 1.07 bits per heavy atom. The molecule has 2 aromatic rings. The van der Waals surface area contributed by atoms with Crippen molar-refractivity contribution < 1.29 is 27.1 Å². The number of aryl methyl sites for hydroxylation is 3. The summed E-state index contributed by atoms with van der Waals surface area (Å²) in [6.45, 7) is 6.56. The summed E-state index contributed by atoms with van der Waals surface area (Å²) in [5, 5.41) is 0. The SMILES string of the molecule is Cc1cc(C)c(S(=O)(=O)NCCC(=O)O[C@@H](C)C(=O)c2ccc(F)cc2)c(C)c1. The van der Waals surface area contributed by atoms with Crippen LogP contribution in [-0.2, 0) is 19.6 Å². The van der Waals surface area contributed by atoms with Crippen molar-refractivity contribution in [3.63, 3.8) is 0 Å². The number of nitrogens with one attached hydrogen (secondary N) is 1. The van der Waals surface area contributed by atoms with Gasteiger partial charge in [0.15, 0.2) is 6.10 Å². The molecular formula is C21H24FNO5S. The zero-order chi connectivity index (χ0) is 21.8. The lowest BCUT2D eigenvalue weighted by atomic mass is 10.1. The highest BCUT2D eigenvalue weighted by Gasteiger charge is 2.22. The number of ketones is 1. The molecule has 0 aliphatic carbocycles. The maximum Gasteiger partial charge on any atom is 0.307 e. The molecule has 6 nitrogen and oxygen atoms in total. The Kier molecular flexibility index (Phi) is 7.26. The van der Waals surface area contributed by atoms with Crippen LogP contribution in [0.15, 0.2) is 41.3 Å². The Labute approximate surface area is 170 Å². The smallest absolute Gasteiger partial charge is 0.307 e. The van der Waals surface area contributed by atoms with E-state index in [1.807, 2.05) is 6.92 Å². The molecule has 0 saturated heterocycles. The lowest BCUT2D eigenvalue weighted by molar-refractivity contribution is -0.146. The number of Topliss-reactive ketones (excluding diaryl/α,β-unsaturated/α-hetero) is 1. The topological polar surface area (TPSA) is 89.5 Å². The predicted octanol–water partition coefficient (Wildman–Crippen LogP) is 3.23.